The van der Waals surface area contributed by atoms with Gasteiger partial charge < -0.3 is 4.74 Å². The maximum absolute atomic E-state index is 11.4. The summed E-state index contributed by atoms with van der Waals surface area (Å²) >= 11 is 12.5. The Bertz CT molecular complexity index is 781. The molecule has 0 aliphatic rings. The molecule has 100 valence electrons. The molecule has 0 aromatic heterocycles. The molecule has 0 saturated heterocycles. The normalized spacial score (nSPS) is 10.9. The minimum Gasteiger partial charge on any atom is -0.425 e. The van der Waals surface area contributed by atoms with Gasteiger partial charge in [-0.3, -0.25) is 4.79 Å². The summed E-state index contributed by atoms with van der Waals surface area (Å²) in [5.74, 6) is 0.0137. The zero-order chi connectivity index (χ0) is 14.3. The van der Waals surface area contributed by atoms with Crippen molar-refractivity contribution in [2.24, 2.45) is 0 Å². The first-order chi connectivity index (χ1) is 9.58. The molecule has 0 amide bonds. The van der Waals surface area contributed by atoms with Crippen molar-refractivity contribution >= 4 is 50.7 Å². The Kier molecular flexibility index (Phi) is 3.28. The first-order valence-electron chi connectivity index (χ1n) is 6.06. The number of ether oxygens (including phenoxy) is 1. The summed E-state index contributed by atoms with van der Waals surface area (Å²) in [6, 6.07) is 13.1. The van der Waals surface area contributed by atoms with Gasteiger partial charge in [0.1, 0.15) is 5.75 Å². The predicted octanol–water partition coefficient (Wildman–Crippen LogP) is 5.23. The fraction of sp³-hybridized carbons (Fsp3) is 0.0625. The Morgan fingerprint density at radius 3 is 1.90 bits per heavy atom. The summed E-state index contributed by atoms with van der Waals surface area (Å²) in [6.45, 7) is 1.36. The van der Waals surface area contributed by atoms with E-state index in [1.54, 1.807) is 12.1 Å². The lowest BCUT2D eigenvalue weighted by atomic mass is 10.0. The van der Waals surface area contributed by atoms with Gasteiger partial charge in [-0.25, -0.2) is 0 Å². The number of rotatable bonds is 1. The fourth-order valence-electron chi connectivity index (χ4n) is 2.34. The molecule has 0 saturated carbocycles. The lowest BCUT2D eigenvalue weighted by molar-refractivity contribution is -0.131. The van der Waals surface area contributed by atoms with E-state index in [1.807, 2.05) is 30.3 Å². The van der Waals surface area contributed by atoms with E-state index in [4.69, 9.17) is 27.9 Å². The van der Waals surface area contributed by atoms with Crippen LogP contribution in [0.2, 0.25) is 10.0 Å². The molecule has 0 unspecified atom stereocenters. The first kappa shape index (κ1) is 13.2. The second kappa shape index (κ2) is 4.97. The molecule has 20 heavy (non-hydrogen) atoms. The minimum absolute atomic E-state index is 0.404. The Morgan fingerprint density at radius 1 is 0.950 bits per heavy atom. The molecule has 0 spiro atoms. The third kappa shape index (κ3) is 2.11. The van der Waals surface area contributed by atoms with Crippen LogP contribution in [0.3, 0.4) is 0 Å². The Labute approximate surface area is 125 Å². The van der Waals surface area contributed by atoms with Gasteiger partial charge >= 0.3 is 5.97 Å². The number of esters is 1. The van der Waals surface area contributed by atoms with E-state index in [0.29, 0.717) is 26.6 Å². The van der Waals surface area contributed by atoms with Crippen molar-refractivity contribution < 1.29 is 9.53 Å². The van der Waals surface area contributed by atoms with Gasteiger partial charge in [0.25, 0.3) is 0 Å². The van der Waals surface area contributed by atoms with Gasteiger partial charge in [-0.05, 0) is 29.0 Å². The summed E-state index contributed by atoms with van der Waals surface area (Å²) in [5.41, 5.74) is 0. The second-order valence-electron chi connectivity index (χ2n) is 4.48. The maximum Gasteiger partial charge on any atom is 0.308 e. The number of carbonyl (C=O) groups excluding carboxylic acids is 1. The molecule has 3 aromatic carbocycles. The van der Waals surface area contributed by atoms with Crippen LogP contribution in [0, 0.1) is 0 Å². The second-order valence-corrected chi connectivity index (χ2v) is 5.29. The van der Waals surface area contributed by atoms with Crippen molar-refractivity contribution in [3.05, 3.63) is 52.5 Å². The van der Waals surface area contributed by atoms with E-state index in [-0.39, 0.29) is 0 Å². The van der Waals surface area contributed by atoms with Crippen LogP contribution >= 0.6 is 23.2 Å². The highest BCUT2D eigenvalue weighted by atomic mass is 35.5. The van der Waals surface area contributed by atoms with Crippen molar-refractivity contribution in [3.8, 4) is 5.75 Å². The number of hydrogen-bond acceptors (Lipinski definition) is 2. The van der Waals surface area contributed by atoms with E-state index in [2.05, 4.69) is 0 Å². The lowest BCUT2D eigenvalue weighted by Gasteiger charge is -2.13. The summed E-state index contributed by atoms with van der Waals surface area (Å²) < 4.78 is 5.39. The van der Waals surface area contributed by atoms with Gasteiger partial charge in [0.05, 0.1) is 10.0 Å². The van der Waals surface area contributed by atoms with Crippen molar-refractivity contribution in [3.63, 3.8) is 0 Å². The van der Waals surface area contributed by atoms with Gasteiger partial charge in [0.2, 0.25) is 0 Å². The first-order valence-corrected chi connectivity index (χ1v) is 6.81. The molecule has 0 radical (unpaired) electrons. The summed E-state index contributed by atoms with van der Waals surface area (Å²) in [4.78, 5) is 11.4. The van der Waals surface area contributed by atoms with E-state index in [9.17, 15) is 4.79 Å². The molecule has 0 N–H and O–H groups in total. The summed E-state index contributed by atoms with van der Waals surface area (Å²) in [6.07, 6.45) is 0. The SMILES string of the molecule is CC(=O)Oc1c2c(Cl)cccc2cc2cccc(Cl)c12. The highest BCUT2D eigenvalue weighted by molar-refractivity contribution is 6.39. The summed E-state index contributed by atoms with van der Waals surface area (Å²) in [7, 11) is 0. The molecular weight excluding hydrogens is 295 g/mol. The number of benzene rings is 3. The highest BCUT2D eigenvalue weighted by Crippen LogP contribution is 2.41. The monoisotopic (exact) mass is 304 g/mol. The highest BCUT2D eigenvalue weighted by Gasteiger charge is 2.15. The molecule has 0 atom stereocenters. The van der Waals surface area contributed by atoms with Crippen LogP contribution < -0.4 is 4.74 Å². The average molecular weight is 305 g/mol. The minimum atomic E-state index is -0.404. The third-order valence-electron chi connectivity index (χ3n) is 3.10. The van der Waals surface area contributed by atoms with Crippen molar-refractivity contribution in [1.82, 2.24) is 0 Å². The molecule has 3 aromatic rings. The molecule has 0 aliphatic heterocycles. The number of hydrogen-bond donors (Lipinski definition) is 0. The van der Waals surface area contributed by atoms with Gasteiger partial charge in [0, 0.05) is 17.7 Å². The van der Waals surface area contributed by atoms with Gasteiger partial charge in [-0.1, -0.05) is 47.5 Å². The lowest BCUT2D eigenvalue weighted by Crippen LogP contribution is -2.03. The standard InChI is InChI=1S/C16H10Cl2O2/c1-9(19)20-16-14-10(4-2-6-12(14)17)8-11-5-3-7-13(18)15(11)16/h2-8H,1H3. The topological polar surface area (TPSA) is 26.3 Å². The number of carbonyl (C=O) groups is 1. The van der Waals surface area contributed by atoms with Crippen molar-refractivity contribution in [2.45, 2.75) is 6.92 Å². The molecule has 0 fully saturated rings. The van der Waals surface area contributed by atoms with Crippen LogP contribution in [-0.2, 0) is 4.79 Å². The van der Waals surface area contributed by atoms with Crippen LogP contribution in [-0.4, -0.2) is 5.97 Å². The molecule has 2 nitrogen and oxygen atoms in total. The predicted molar refractivity (Wildman–Crippen MR) is 82.8 cm³/mol. The molecule has 4 heteroatoms. The van der Waals surface area contributed by atoms with Gasteiger partial charge in [-0.2, -0.15) is 0 Å². The van der Waals surface area contributed by atoms with E-state index in [0.717, 1.165) is 10.8 Å². The van der Waals surface area contributed by atoms with Crippen LogP contribution in [0.1, 0.15) is 6.92 Å². The van der Waals surface area contributed by atoms with E-state index in [1.165, 1.54) is 6.92 Å². The molecule has 0 aliphatic carbocycles. The van der Waals surface area contributed by atoms with E-state index < -0.39 is 5.97 Å². The average Bonchev–Trinajstić information content (AvgIpc) is 2.37. The maximum atomic E-state index is 11.4. The number of halogens is 2. The fourth-order valence-corrected chi connectivity index (χ4v) is 2.87. The third-order valence-corrected chi connectivity index (χ3v) is 3.73. The zero-order valence-corrected chi connectivity index (χ0v) is 12.1. The molecular formula is C16H10Cl2O2. The van der Waals surface area contributed by atoms with Crippen LogP contribution in [0.5, 0.6) is 5.75 Å². The van der Waals surface area contributed by atoms with E-state index >= 15 is 0 Å². The van der Waals surface area contributed by atoms with Crippen LogP contribution in [0.15, 0.2) is 42.5 Å². The molecule has 0 bridgehead atoms. The van der Waals surface area contributed by atoms with Crippen molar-refractivity contribution in [2.75, 3.05) is 0 Å². The summed E-state index contributed by atoms with van der Waals surface area (Å²) in [5, 5.41) is 4.27. The van der Waals surface area contributed by atoms with Crippen LogP contribution in [0.25, 0.3) is 21.5 Å². The van der Waals surface area contributed by atoms with Gasteiger partial charge in [-0.15, -0.1) is 0 Å². The van der Waals surface area contributed by atoms with Crippen LogP contribution in [0.4, 0.5) is 0 Å². The molecule has 3 rings (SSSR count). The Hall–Kier alpha value is -1.77. The zero-order valence-electron chi connectivity index (χ0n) is 10.6. The smallest absolute Gasteiger partial charge is 0.308 e. The Balaban J connectivity index is 2.55. The van der Waals surface area contributed by atoms with Crippen molar-refractivity contribution in [1.29, 1.82) is 0 Å². The Morgan fingerprint density at radius 2 is 1.45 bits per heavy atom. The molecule has 0 heterocycles. The van der Waals surface area contributed by atoms with Gasteiger partial charge in [0.15, 0.2) is 0 Å². The number of fused-ring (bicyclic) bond motifs is 2. The quantitative estimate of drug-likeness (QED) is 0.350. The largest absolute Gasteiger partial charge is 0.425 e.